The van der Waals surface area contributed by atoms with Crippen LogP contribution in [0.3, 0.4) is 0 Å². The first kappa shape index (κ1) is 17.3. The van der Waals surface area contributed by atoms with Crippen molar-refractivity contribution < 1.29 is 9.53 Å². The lowest BCUT2D eigenvalue weighted by Crippen LogP contribution is -2.28. The number of carbonyl (C=O) groups is 1. The first-order valence-corrected chi connectivity index (χ1v) is 8.82. The van der Waals surface area contributed by atoms with E-state index in [-0.39, 0.29) is 12.1 Å². The zero-order chi connectivity index (χ0) is 16.9. The SMILES string of the molecule is O=C(OC(CN1CCCC1)c1ccccc1)c1ccc(Cl)c(Cl)c1. The van der Waals surface area contributed by atoms with Gasteiger partial charge in [0.05, 0.1) is 15.6 Å². The van der Waals surface area contributed by atoms with E-state index >= 15 is 0 Å². The van der Waals surface area contributed by atoms with Gasteiger partial charge in [-0.05, 0) is 49.7 Å². The van der Waals surface area contributed by atoms with E-state index in [1.807, 2.05) is 30.3 Å². The Kier molecular flexibility index (Phi) is 5.77. The van der Waals surface area contributed by atoms with Gasteiger partial charge < -0.3 is 4.74 Å². The standard InChI is InChI=1S/C19H19Cl2NO2/c20-16-9-8-15(12-17(16)21)19(23)24-18(13-22-10-4-5-11-22)14-6-2-1-3-7-14/h1-3,6-9,12,18H,4-5,10-11,13H2. The predicted octanol–water partition coefficient (Wildman–Crippen LogP) is 4.99. The van der Waals surface area contributed by atoms with Crippen molar-refractivity contribution >= 4 is 29.2 Å². The lowest BCUT2D eigenvalue weighted by molar-refractivity contribution is 0.0216. The van der Waals surface area contributed by atoms with Gasteiger partial charge in [-0.2, -0.15) is 0 Å². The van der Waals surface area contributed by atoms with E-state index in [0.717, 1.165) is 18.7 Å². The van der Waals surface area contributed by atoms with Crippen LogP contribution in [0.5, 0.6) is 0 Å². The maximum Gasteiger partial charge on any atom is 0.338 e. The van der Waals surface area contributed by atoms with Crippen LogP contribution < -0.4 is 0 Å². The molecule has 24 heavy (non-hydrogen) atoms. The van der Waals surface area contributed by atoms with E-state index in [4.69, 9.17) is 27.9 Å². The lowest BCUT2D eigenvalue weighted by Gasteiger charge is -2.24. The van der Waals surface area contributed by atoms with Crippen LogP contribution in [-0.4, -0.2) is 30.5 Å². The number of hydrogen-bond acceptors (Lipinski definition) is 3. The number of likely N-dealkylation sites (tertiary alicyclic amines) is 1. The van der Waals surface area contributed by atoms with Gasteiger partial charge in [-0.25, -0.2) is 4.79 Å². The van der Waals surface area contributed by atoms with Crippen LogP contribution in [0, 0.1) is 0 Å². The zero-order valence-electron chi connectivity index (χ0n) is 13.3. The Labute approximate surface area is 152 Å². The maximum absolute atomic E-state index is 12.5. The molecule has 0 radical (unpaired) electrons. The molecule has 1 aliphatic rings. The summed E-state index contributed by atoms with van der Waals surface area (Å²) < 4.78 is 5.80. The molecule has 1 unspecified atom stereocenters. The van der Waals surface area contributed by atoms with Gasteiger partial charge >= 0.3 is 5.97 Å². The molecule has 0 spiro atoms. The zero-order valence-corrected chi connectivity index (χ0v) is 14.8. The molecule has 1 fully saturated rings. The number of benzene rings is 2. The fourth-order valence-electron chi connectivity index (χ4n) is 2.90. The van der Waals surface area contributed by atoms with E-state index in [1.165, 1.54) is 12.8 Å². The number of hydrogen-bond donors (Lipinski definition) is 0. The van der Waals surface area contributed by atoms with Gasteiger partial charge in [0.1, 0.15) is 6.10 Å². The minimum absolute atomic E-state index is 0.300. The Bertz CT molecular complexity index is 700. The number of halogens is 2. The van der Waals surface area contributed by atoms with Crippen LogP contribution in [0.2, 0.25) is 10.0 Å². The average molecular weight is 364 g/mol. The first-order chi connectivity index (χ1) is 11.6. The molecule has 126 valence electrons. The first-order valence-electron chi connectivity index (χ1n) is 8.07. The van der Waals surface area contributed by atoms with Crippen LogP contribution in [-0.2, 0) is 4.74 Å². The van der Waals surface area contributed by atoms with Crippen molar-refractivity contribution in [2.75, 3.05) is 19.6 Å². The lowest BCUT2D eigenvalue weighted by atomic mass is 10.1. The highest BCUT2D eigenvalue weighted by Crippen LogP contribution is 2.26. The van der Waals surface area contributed by atoms with Gasteiger partial charge in [0.2, 0.25) is 0 Å². The van der Waals surface area contributed by atoms with Crippen molar-refractivity contribution in [1.82, 2.24) is 4.90 Å². The van der Waals surface area contributed by atoms with Gasteiger partial charge in [0.25, 0.3) is 0 Å². The van der Waals surface area contributed by atoms with Crippen LogP contribution in [0.4, 0.5) is 0 Å². The Morgan fingerprint density at radius 3 is 2.42 bits per heavy atom. The molecular weight excluding hydrogens is 345 g/mol. The largest absolute Gasteiger partial charge is 0.453 e. The summed E-state index contributed by atoms with van der Waals surface area (Å²) in [6.45, 7) is 2.80. The number of rotatable bonds is 5. The van der Waals surface area contributed by atoms with Crippen LogP contribution >= 0.6 is 23.2 Å². The number of esters is 1. The van der Waals surface area contributed by atoms with Crippen molar-refractivity contribution in [3.63, 3.8) is 0 Å². The van der Waals surface area contributed by atoms with Crippen molar-refractivity contribution in [2.45, 2.75) is 18.9 Å². The van der Waals surface area contributed by atoms with Crippen LogP contribution in [0.15, 0.2) is 48.5 Å². The second kappa shape index (κ2) is 8.02. The quantitative estimate of drug-likeness (QED) is 0.701. The highest BCUT2D eigenvalue weighted by atomic mass is 35.5. The molecule has 2 aromatic rings. The molecule has 0 aromatic heterocycles. The molecular formula is C19H19Cl2NO2. The van der Waals surface area contributed by atoms with Gasteiger partial charge in [-0.15, -0.1) is 0 Å². The summed E-state index contributed by atoms with van der Waals surface area (Å²) in [5.41, 5.74) is 1.41. The summed E-state index contributed by atoms with van der Waals surface area (Å²) in [5, 5.41) is 0.770. The van der Waals surface area contributed by atoms with E-state index in [9.17, 15) is 4.79 Å². The van der Waals surface area contributed by atoms with E-state index in [1.54, 1.807) is 18.2 Å². The summed E-state index contributed by atoms with van der Waals surface area (Å²) in [5.74, 6) is -0.387. The topological polar surface area (TPSA) is 29.5 Å². The maximum atomic E-state index is 12.5. The third-order valence-corrected chi connectivity index (χ3v) is 4.94. The minimum atomic E-state index is -0.387. The highest BCUT2D eigenvalue weighted by molar-refractivity contribution is 6.42. The predicted molar refractivity (Wildman–Crippen MR) is 96.7 cm³/mol. The van der Waals surface area contributed by atoms with E-state index in [2.05, 4.69) is 4.90 Å². The fraction of sp³-hybridized carbons (Fsp3) is 0.316. The smallest absolute Gasteiger partial charge is 0.338 e. The van der Waals surface area contributed by atoms with E-state index in [0.29, 0.717) is 22.2 Å². The number of ether oxygens (including phenoxy) is 1. The average Bonchev–Trinajstić information content (AvgIpc) is 3.10. The molecule has 1 atom stereocenters. The van der Waals surface area contributed by atoms with Crippen molar-refractivity contribution in [3.8, 4) is 0 Å². The Morgan fingerprint density at radius 1 is 1.04 bits per heavy atom. The second-order valence-electron chi connectivity index (χ2n) is 5.94. The Morgan fingerprint density at radius 2 is 1.75 bits per heavy atom. The molecule has 3 rings (SSSR count). The van der Waals surface area contributed by atoms with Gasteiger partial charge in [-0.3, -0.25) is 4.90 Å². The monoisotopic (exact) mass is 363 g/mol. The molecule has 1 saturated heterocycles. The summed E-state index contributed by atoms with van der Waals surface area (Å²) in [4.78, 5) is 14.9. The molecule has 1 heterocycles. The Hall–Kier alpha value is -1.55. The molecule has 0 aliphatic carbocycles. The van der Waals surface area contributed by atoms with Crippen LogP contribution in [0.25, 0.3) is 0 Å². The van der Waals surface area contributed by atoms with Crippen LogP contribution in [0.1, 0.15) is 34.9 Å². The number of carbonyl (C=O) groups excluding carboxylic acids is 1. The molecule has 5 heteroatoms. The van der Waals surface area contributed by atoms with Gasteiger partial charge in [-0.1, -0.05) is 53.5 Å². The molecule has 0 saturated carbocycles. The summed E-state index contributed by atoms with van der Waals surface area (Å²) in [7, 11) is 0. The third-order valence-electron chi connectivity index (χ3n) is 4.20. The molecule has 1 aliphatic heterocycles. The summed E-state index contributed by atoms with van der Waals surface area (Å²) in [6.07, 6.45) is 2.09. The molecule has 0 bridgehead atoms. The Balaban J connectivity index is 1.77. The summed E-state index contributed by atoms with van der Waals surface area (Å²) >= 11 is 11.9. The van der Waals surface area contributed by atoms with Crippen molar-refractivity contribution in [1.29, 1.82) is 0 Å². The second-order valence-corrected chi connectivity index (χ2v) is 6.76. The van der Waals surface area contributed by atoms with Crippen molar-refractivity contribution in [3.05, 3.63) is 69.7 Å². The normalized spacial score (nSPS) is 16.1. The summed E-state index contributed by atoms with van der Waals surface area (Å²) in [6, 6.07) is 14.6. The third kappa shape index (κ3) is 4.29. The minimum Gasteiger partial charge on any atom is -0.453 e. The molecule has 0 amide bonds. The van der Waals surface area contributed by atoms with Gasteiger partial charge in [0, 0.05) is 6.54 Å². The fourth-order valence-corrected chi connectivity index (χ4v) is 3.20. The van der Waals surface area contributed by atoms with Gasteiger partial charge in [0.15, 0.2) is 0 Å². The highest BCUT2D eigenvalue weighted by Gasteiger charge is 2.23. The molecule has 0 N–H and O–H groups in total. The van der Waals surface area contributed by atoms with Crippen molar-refractivity contribution in [2.24, 2.45) is 0 Å². The molecule has 2 aromatic carbocycles. The molecule has 3 nitrogen and oxygen atoms in total. The number of nitrogens with zero attached hydrogens (tertiary/aromatic N) is 1. The van der Waals surface area contributed by atoms with E-state index < -0.39 is 0 Å².